The Morgan fingerprint density at radius 2 is 0.648 bits per heavy atom. The minimum atomic E-state index is -0.756. The number of rotatable bonds is 43. The summed E-state index contributed by atoms with van der Waals surface area (Å²) in [5.74, 6) is 0.0402. The van der Waals surface area contributed by atoms with Crippen molar-refractivity contribution in [1.29, 1.82) is 0 Å². The van der Waals surface area contributed by atoms with Crippen molar-refractivity contribution in [1.82, 2.24) is 0 Å². The molecule has 0 radical (unpaired) electrons. The van der Waals surface area contributed by atoms with E-state index in [1.165, 1.54) is 154 Å². The van der Waals surface area contributed by atoms with Crippen molar-refractivity contribution >= 4 is 17.9 Å². The minimum absolute atomic E-state index is 0.0650. The summed E-state index contributed by atoms with van der Waals surface area (Å²) in [4.78, 5) is 37.4. The summed E-state index contributed by atoms with van der Waals surface area (Å²) in [6, 6.07) is 0. The summed E-state index contributed by atoms with van der Waals surface area (Å²) >= 11 is 0. The molecule has 0 saturated heterocycles. The van der Waals surface area contributed by atoms with Gasteiger partial charge in [-0.05, 0) is 25.2 Å². The van der Waals surface area contributed by atoms with Gasteiger partial charge in [0.15, 0.2) is 6.10 Å². The van der Waals surface area contributed by atoms with Crippen LogP contribution in [0.5, 0.6) is 0 Å². The lowest BCUT2D eigenvalue weighted by Crippen LogP contribution is -2.30. The summed E-state index contributed by atoms with van der Waals surface area (Å²) in [6.07, 6.45) is 42.7. The van der Waals surface area contributed by atoms with Crippen LogP contribution in [0, 0.1) is 5.92 Å². The third-order valence-corrected chi connectivity index (χ3v) is 11.2. The van der Waals surface area contributed by atoms with Crippen LogP contribution in [0.25, 0.3) is 0 Å². The second kappa shape index (κ2) is 42.6. The van der Waals surface area contributed by atoms with Gasteiger partial charge in [0.1, 0.15) is 13.2 Å². The summed E-state index contributed by atoms with van der Waals surface area (Å²) in [6.45, 7) is 8.96. The molecule has 6 nitrogen and oxygen atoms in total. The molecule has 0 aliphatic rings. The zero-order valence-corrected chi connectivity index (χ0v) is 36.7. The molecular formula is C48H92O6. The van der Waals surface area contributed by atoms with Crippen molar-refractivity contribution in [3.8, 4) is 0 Å². The number of esters is 3. The van der Waals surface area contributed by atoms with Crippen molar-refractivity contribution < 1.29 is 28.6 Å². The second-order valence-electron chi connectivity index (χ2n) is 16.6. The molecule has 320 valence electrons. The van der Waals surface area contributed by atoms with E-state index >= 15 is 0 Å². The maximum absolute atomic E-state index is 12.5. The molecule has 0 N–H and O–H groups in total. The van der Waals surface area contributed by atoms with E-state index in [0.29, 0.717) is 19.3 Å². The van der Waals surface area contributed by atoms with Gasteiger partial charge in [0.05, 0.1) is 0 Å². The highest BCUT2D eigenvalue weighted by Crippen LogP contribution is 2.17. The van der Waals surface area contributed by atoms with Crippen LogP contribution >= 0.6 is 0 Å². The Hall–Kier alpha value is -1.59. The molecular weight excluding hydrogens is 673 g/mol. The van der Waals surface area contributed by atoms with E-state index < -0.39 is 6.10 Å². The lowest BCUT2D eigenvalue weighted by molar-refractivity contribution is -0.167. The maximum atomic E-state index is 12.5. The molecule has 0 saturated carbocycles. The normalized spacial score (nSPS) is 12.4. The average Bonchev–Trinajstić information content (AvgIpc) is 3.17. The number of ether oxygens (including phenoxy) is 3. The topological polar surface area (TPSA) is 78.9 Å². The van der Waals surface area contributed by atoms with E-state index in [9.17, 15) is 14.4 Å². The standard InChI is InChI=1S/C48H92O6/c1-5-8-10-12-13-24-28-32-35-39-46(49)52-42-45(54-48(51)41-37-30-11-9-6-2)43-53-47(50)40-36-33-29-26-23-21-19-17-15-14-16-18-20-22-25-27-31-34-38-44(4)7-3/h44-45H,5-43H2,1-4H3/t44?,45-/m1/s1. The third kappa shape index (κ3) is 40.1. The molecule has 54 heavy (non-hydrogen) atoms. The van der Waals surface area contributed by atoms with Gasteiger partial charge >= 0.3 is 17.9 Å². The van der Waals surface area contributed by atoms with Crippen LogP contribution in [0.3, 0.4) is 0 Å². The van der Waals surface area contributed by atoms with Gasteiger partial charge in [-0.1, -0.05) is 227 Å². The predicted octanol–water partition coefficient (Wildman–Crippen LogP) is 15.1. The monoisotopic (exact) mass is 765 g/mol. The van der Waals surface area contributed by atoms with Gasteiger partial charge in [0.2, 0.25) is 0 Å². The van der Waals surface area contributed by atoms with Crippen LogP contribution in [0.2, 0.25) is 0 Å². The van der Waals surface area contributed by atoms with Crippen LogP contribution in [0.15, 0.2) is 0 Å². The number of carbonyl (C=O) groups excluding carboxylic acids is 3. The fourth-order valence-corrected chi connectivity index (χ4v) is 7.12. The van der Waals surface area contributed by atoms with Gasteiger partial charge in [0, 0.05) is 19.3 Å². The molecule has 0 aliphatic carbocycles. The zero-order chi connectivity index (χ0) is 39.6. The smallest absolute Gasteiger partial charge is 0.306 e. The van der Waals surface area contributed by atoms with Crippen molar-refractivity contribution in [2.24, 2.45) is 5.92 Å². The van der Waals surface area contributed by atoms with Gasteiger partial charge in [-0.2, -0.15) is 0 Å². The lowest BCUT2D eigenvalue weighted by Gasteiger charge is -2.18. The molecule has 0 rings (SSSR count). The SMILES string of the molecule is CCCCCCCCCCCC(=O)OC[C@H](COC(=O)CCCCCCCCCCCCCCCCCCCCC(C)CC)OC(=O)CCCCCCC. The van der Waals surface area contributed by atoms with Gasteiger partial charge in [0.25, 0.3) is 0 Å². The molecule has 0 aliphatic heterocycles. The molecule has 0 heterocycles. The van der Waals surface area contributed by atoms with Crippen molar-refractivity contribution in [3.63, 3.8) is 0 Å². The fraction of sp³-hybridized carbons (Fsp3) is 0.938. The summed E-state index contributed by atoms with van der Waals surface area (Å²) in [5.41, 5.74) is 0. The highest BCUT2D eigenvalue weighted by Gasteiger charge is 2.19. The van der Waals surface area contributed by atoms with Crippen LogP contribution in [0.1, 0.15) is 265 Å². The van der Waals surface area contributed by atoms with E-state index in [1.54, 1.807) is 0 Å². The van der Waals surface area contributed by atoms with Crippen molar-refractivity contribution in [2.45, 2.75) is 271 Å². The highest BCUT2D eigenvalue weighted by molar-refractivity contribution is 5.71. The Labute approximate surface area is 336 Å². The maximum Gasteiger partial charge on any atom is 0.306 e. The second-order valence-corrected chi connectivity index (χ2v) is 16.6. The molecule has 6 heteroatoms. The van der Waals surface area contributed by atoms with E-state index in [2.05, 4.69) is 27.7 Å². The first kappa shape index (κ1) is 52.4. The molecule has 2 atom stereocenters. The molecule has 0 amide bonds. The summed E-state index contributed by atoms with van der Waals surface area (Å²) < 4.78 is 16.6. The Morgan fingerprint density at radius 3 is 0.963 bits per heavy atom. The number of hydrogen-bond acceptors (Lipinski definition) is 6. The van der Waals surface area contributed by atoms with Gasteiger partial charge in [-0.25, -0.2) is 0 Å². The molecule has 0 bridgehead atoms. The third-order valence-electron chi connectivity index (χ3n) is 11.2. The first-order valence-corrected chi connectivity index (χ1v) is 23.9. The van der Waals surface area contributed by atoms with E-state index in [4.69, 9.17) is 14.2 Å². The van der Waals surface area contributed by atoms with E-state index in [1.807, 2.05) is 0 Å². The number of hydrogen-bond donors (Lipinski definition) is 0. The summed E-state index contributed by atoms with van der Waals surface area (Å²) in [7, 11) is 0. The Kier molecular flexibility index (Phi) is 41.3. The van der Waals surface area contributed by atoms with Crippen LogP contribution in [0.4, 0.5) is 0 Å². The van der Waals surface area contributed by atoms with Crippen molar-refractivity contribution in [2.75, 3.05) is 13.2 Å². The Morgan fingerprint density at radius 1 is 0.370 bits per heavy atom. The average molecular weight is 765 g/mol. The Bertz CT molecular complexity index is 813. The molecule has 0 aromatic carbocycles. The fourth-order valence-electron chi connectivity index (χ4n) is 7.12. The van der Waals surface area contributed by atoms with E-state index in [0.717, 1.165) is 70.1 Å². The van der Waals surface area contributed by atoms with Gasteiger partial charge in [-0.15, -0.1) is 0 Å². The number of unbranched alkanes of at least 4 members (excludes halogenated alkanes) is 29. The van der Waals surface area contributed by atoms with E-state index in [-0.39, 0.29) is 31.1 Å². The molecule has 0 aromatic rings. The first-order valence-electron chi connectivity index (χ1n) is 23.9. The Balaban J connectivity index is 3.98. The quantitative estimate of drug-likeness (QED) is 0.0349. The minimum Gasteiger partial charge on any atom is -0.462 e. The number of carbonyl (C=O) groups is 3. The van der Waals surface area contributed by atoms with Crippen molar-refractivity contribution in [3.05, 3.63) is 0 Å². The molecule has 0 aromatic heterocycles. The summed E-state index contributed by atoms with van der Waals surface area (Å²) in [5, 5.41) is 0. The van der Waals surface area contributed by atoms with Gasteiger partial charge in [-0.3, -0.25) is 14.4 Å². The lowest BCUT2D eigenvalue weighted by atomic mass is 9.99. The first-order chi connectivity index (χ1) is 26.4. The largest absolute Gasteiger partial charge is 0.462 e. The predicted molar refractivity (Wildman–Crippen MR) is 229 cm³/mol. The van der Waals surface area contributed by atoms with Crippen LogP contribution in [-0.4, -0.2) is 37.2 Å². The molecule has 0 fully saturated rings. The van der Waals surface area contributed by atoms with Crippen LogP contribution in [-0.2, 0) is 28.6 Å². The molecule has 1 unspecified atom stereocenters. The zero-order valence-electron chi connectivity index (χ0n) is 36.7. The van der Waals surface area contributed by atoms with Gasteiger partial charge < -0.3 is 14.2 Å². The highest BCUT2D eigenvalue weighted by atomic mass is 16.6. The molecule has 0 spiro atoms. The van der Waals surface area contributed by atoms with Crippen LogP contribution < -0.4 is 0 Å².